The molecule has 24 heavy (non-hydrogen) atoms. The fourth-order valence-corrected chi connectivity index (χ4v) is 2.71. The summed E-state index contributed by atoms with van der Waals surface area (Å²) in [7, 11) is 0. The Morgan fingerprint density at radius 1 is 1.21 bits per heavy atom. The summed E-state index contributed by atoms with van der Waals surface area (Å²) in [5, 5.41) is 3.22. The van der Waals surface area contributed by atoms with Crippen molar-refractivity contribution >= 4 is 34.8 Å². The number of benzene rings is 2. The van der Waals surface area contributed by atoms with Crippen molar-refractivity contribution in [2.75, 3.05) is 23.3 Å². The average Bonchev–Trinajstić information content (AvgIpc) is 2.56. The number of fused-ring (bicyclic) bond motifs is 1. The maximum Gasteiger partial charge on any atom is 0.260 e. The van der Waals surface area contributed by atoms with E-state index in [1.807, 2.05) is 12.1 Å². The Morgan fingerprint density at radius 2 is 1.92 bits per heavy atom. The second-order valence-corrected chi connectivity index (χ2v) is 5.79. The van der Waals surface area contributed by atoms with E-state index in [-0.39, 0.29) is 19.0 Å². The zero-order valence-corrected chi connectivity index (χ0v) is 13.5. The summed E-state index contributed by atoms with van der Waals surface area (Å²) >= 11 is 6.05. The number of ether oxygens (including phenoxy) is 1. The Hall–Kier alpha value is -2.73. The first-order valence-corrected chi connectivity index (χ1v) is 7.76. The Kier molecular flexibility index (Phi) is 4.57. The van der Waals surface area contributed by atoms with Gasteiger partial charge in [-0.1, -0.05) is 35.9 Å². The van der Waals surface area contributed by atoms with Crippen LogP contribution in [0.3, 0.4) is 0 Å². The van der Waals surface area contributed by atoms with Crippen LogP contribution in [-0.4, -0.2) is 31.0 Å². The Labute approximate surface area is 144 Å². The molecule has 6 nitrogen and oxygen atoms in total. The van der Waals surface area contributed by atoms with E-state index in [4.69, 9.17) is 22.1 Å². The lowest BCUT2D eigenvalue weighted by atomic mass is 10.1. The van der Waals surface area contributed by atoms with Crippen LogP contribution in [0.5, 0.6) is 5.75 Å². The van der Waals surface area contributed by atoms with E-state index in [0.717, 1.165) is 5.69 Å². The van der Waals surface area contributed by atoms with Gasteiger partial charge in [-0.2, -0.15) is 0 Å². The molecule has 0 spiro atoms. The molecule has 3 N–H and O–H groups in total. The zero-order chi connectivity index (χ0) is 17.1. The molecule has 0 radical (unpaired) electrons. The lowest BCUT2D eigenvalue weighted by Gasteiger charge is -2.34. The molecule has 0 saturated carbocycles. The number of nitrogens with one attached hydrogen (secondary N) is 1. The van der Waals surface area contributed by atoms with Gasteiger partial charge in [-0.15, -0.1) is 0 Å². The second kappa shape index (κ2) is 6.80. The molecule has 1 aliphatic rings. The third-order valence-electron chi connectivity index (χ3n) is 3.66. The number of anilines is 2. The lowest BCUT2D eigenvalue weighted by Crippen LogP contribution is -2.49. The molecule has 1 heterocycles. The van der Waals surface area contributed by atoms with E-state index in [1.165, 1.54) is 0 Å². The lowest BCUT2D eigenvalue weighted by molar-refractivity contribution is -0.125. The van der Waals surface area contributed by atoms with Crippen LogP contribution in [0.1, 0.15) is 0 Å². The molecule has 7 heteroatoms. The van der Waals surface area contributed by atoms with Crippen molar-refractivity contribution in [2.24, 2.45) is 5.73 Å². The molecule has 0 bridgehead atoms. The van der Waals surface area contributed by atoms with E-state index in [2.05, 4.69) is 5.32 Å². The predicted octanol–water partition coefficient (Wildman–Crippen LogP) is 2.03. The van der Waals surface area contributed by atoms with E-state index >= 15 is 0 Å². The van der Waals surface area contributed by atoms with E-state index < -0.39 is 12.0 Å². The molecule has 0 saturated heterocycles. The van der Waals surface area contributed by atoms with Gasteiger partial charge in [0.1, 0.15) is 5.75 Å². The fraction of sp³-hybridized carbons (Fsp3) is 0.176. The van der Waals surface area contributed by atoms with Crippen molar-refractivity contribution in [3.05, 3.63) is 53.6 Å². The normalized spacial score (nSPS) is 16.0. The van der Waals surface area contributed by atoms with Crippen LogP contribution in [0.2, 0.25) is 5.02 Å². The van der Waals surface area contributed by atoms with Crippen LogP contribution in [0.4, 0.5) is 11.4 Å². The van der Waals surface area contributed by atoms with E-state index in [0.29, 0.717) is 16.5 Å². The van der Waals surface area contributed by atoms with Gasteiger partial charge in [0, 0.05) is 0 Å². The number of hydrogen-bond donors (Lipinski definition) is 2. The molecule has 2 aromatic carbocycles. The molecule has 3 rings (SSSR count). The molecule has 1 aliphatic heterocycles. The third-order valence-corrected chi connectivity index (χ3v) is 3.99. The minimum absolute atomic E-state index is 0.0510. The highest BCUT2D eigenvalue weighted by Crippen LogP contribution is 2.33. The first-order valence-electron chi connectivity index (χ1n) is 7.39. The number of rotatable bonds is 4. The smallest absolute Gasteiger partial charge is 0.260 e. The topological polar surface area (TPSA) is 84.7 Å². The molecule has 124 valence electrons. The Morgan fingerprint density at radius 3 is 2.67 bits per heavy atom. The van der Waals surface area contributed by atoms with Crippen molar-refractivity contribution in [1.82, 2.24) is 0 Å². The van der Waals surface area contributed by atoms with Gasteiger partial charge in [0.25, 0.3) is 5.91 Å². The number of nitrogens with zero attached hydrogens (tertiary/aromatic N) is 1. The molecule has 0 fully saturated rings. The maximum atomic E-state index is 12.4. The van der Waals surface area contributed by atoms with Crippen LogP contribution < -0.4 is 20.7 Å². The van der Waals surface area contributed by atoms with Gasteiger partial charge in [-0.3, -0.25) is 9.59 Å². The van der Waals surface area contributed by atoms with Crippen LogP contribution >= 0.6 is 11.6 Å². The number of amides is 2. The van der Waals surface area contributed by atoms with Gasteiger partial charge < -0.3 is 20.7 Å². The van der Waals surface area contributed by atoms with Gasteiger partial charge in [-0.05, 0) is 24.3 Å². The van der Waals surface area contributed by atoms with Crippen LogP contribution in [0, 0.1) is 0 Å². The minimum atomic E-state index is -0.798. The van der Waals surface area contributed by atoms with Crippen LogP contribution in [0.25, 0.3) is 0 Å². The Bertz CT molecular complexity index is 781. The first kappa shape index (κ1) is 16.1. The van der Waals surface area contributed by atoms with E-state index in [1.54, 1.807) is 41.3 Å². The average molecular weight is 346 g/mol. The SMILES string of the molecule is NC(=O)[C@@H]1CN(CC(=O)Nc2ccccc2Cl)c2ccccc2O1. The monoisotopic (exact) mass is 345 g/mol. The molecular formula is C17H16ClN3O3. The standard InChI is InChI=1S/C17H16ClN3O3/c18-11-5-1-2-6-12(11)20-16(22)10-21-9-15(17(19)23)24-14-8-4-3-7-13(14)21/h1-8,15H,9-10H2,(H2,19,23)(H,20,22)/t15-/m0/s1. The van der Waals surface area contributed by atoms with Crippen LogP contribution in [0.15, 0.2) is 48.5 Å². The molecule has 2 aromatic rings. The van der Waals surface area contributed by atoms with Crippen molar-refractivity contribution in [2.45, 2.75) is 6.10 Å². The molecule has 0 aromatic heterocycles. The Balaban J connectivity index is 1.77. The fourth-order valence-electron chi connectivity index (χ4n) is 2.53. The zero-order valence-electron chi connectivity index (χ0n) is 12.7. The summed E-state index contributed by atoms with van der Waals surface area (Å²) in [6.07, 6.45) is -0.798. The van der Waals surface area contributed by atoms with E-state index in [9.17, 15) is 9.59 Å². The number of para-hydroxylation sites is 3. The number of carbonyl (C=O) groups is 2. The third kappa shape index (κ3) is 3.44. The van der Waals surface area contributed by atoms with Crippen molar-refractivity contribution < 1.29 is 14.3 Å². The highest BCUT2D eigenvalue weighted by Gasteiger charge is 2.30. The van der Waals surface area contributed by atoms with Gasteiger partial charge in [0.05, 0.1) is 29.5 Å². The number of carbonyl (C=O) groups excluding carboxylic acids is 2. The summed E-state index contributed by atoms with van der Waals surface area (Å²) in [6, 6.07) is 14.2. The predicted molar refractivity (Wildman–Crippen MR) is 92.3 cm³/mol. The molecule has 2 amide bonds. The van der Waals surface area contributed by atoms with Crippen molar-refractivity contribution in [1.29, 1.82) is 0 Å². The second-order valence-electron chi connectivity index (χ2n) is 5.39. The van der Waals surface area contributed by atoms with Crippen molar-refractivity contribution in [3.63, 3.8) is 0 Å². The number of primary amides is 1. The maximum absolute atomic E-state index is 12.4. The minimum Gasteiger partial charge on any atom is -0.477 e. The first-order chi connectivity index (χ1) is 11.5. The molecular weight excluding hydrogens is 330 g/mol. The van der Waals surface area contributed by atoms with Gasteiger partial charge in [-0.25, -0.2) is 0 Å². The van der Waals surface area contributed by atoms with Gasteiger partial charge >= 0.3 is 0 Å². The summed E-state index contributed by atoms with van der Waals surface area (Å²) in [4.78, 5) is 25.6. The highest BCUT2D eigenvalue weighted by atomic mass is 35.5. The highest BCUT2D eigenvalue weighted by molar-refractivity contribution is 6.33. The quantitative estimate of drug-likeness (QED) is 0.888. The molecule has 0 aliphatic carbocycles. The summed E-state index contributed by atoms with van der Waals surface area (Å²) in [5.41, 5.74) is 6.63. The number of nitrogens with two attached hydrogens (primary N) is 1. The number of halogens is 1. The summed E-state index contributed by atoms with van der Waals surface area (Å²) in [5.74, 6) is -0.290. The number of hydrogen-bond acceptors (Lipinski definition) is 4. The van der Waals surface area contributed by atoms with Gasteiger partial charge in [0.2, 0.25) is 5.91 Å². The van der Waals surface area contributed by atoms with Gasteiger partial charge in [0.15, 0.2) is 6.10 Å². The summed E-state index contributed by atoms with van der Waals surface area (Å²) < 4.78 is 5.57. The van der Waals surface area contributed by atoms with Crippen LogP contribution in [-0.2, 0) is 9.59 Å². The molecule has 1 atom stereocenters. The summed E-state index contributed by atoms with van der Waals surface area (Å²) in [6.45, 7) is 0.262. The largest absolute Gasteiger partial charge is 0.477 e. The van der Waals surface area contributed by atoms with Crippen molar-refractivity contribution in [3.8, 4) is 5.75 Å². The molecule has 0 unspecified atom stereocenters.